The fourth-order valence-electron chi connectivity index (χ4n) is 1.41. The van der Waals surface area contributed by atoms with Crippen LogP contribution in [0.5, 0.6) is 0 Å². The van der Waals surface area contributed by atoms with Crippen LogP contribution in [0.15, 0.2) is 24.4 Å². The van der Waals surface area contributed by atoms with Crippen molar-refractivity contribution in [3.05, 3.63) is 24.4 Å². The lowest BCUT2D eigenvalue weighted by Gasteiger charge is -2.00. The van der Waals surface area contributed by atoms with E-state index >= 15 is 0 Å². The fraction of sp³-hybridized carbons (Fsp3) is 0.222. The molecule has 0 spiro atoms. The van der Waals surface area contributed by atoms with Gasteiger partial charge in [0.15, 0.2) is 0 Å². The van der Waals surface area contributed by atoms with E-state index in [9.17, 15) is 0 Å². The number of hydrogen-bond donors (Lipinski definition) is 1. The summed E-state index contributed by atoms with van der Waals surface area (Å²) in [7, 11) is 0. The lowest BCUT2D eigenvalue weighted by atomic mass is 10.2. The maximum atomic E-state index is 5.82. The number of rotatable bonds is 1. The van der Waals surface area contributed by atoms with Gasteiger partial charge in [-0.1, -0.05) is 12.1 Å². The summed E-state index contributed by atoms with van der Waals surface area (Å²) in [6.07, 6.45) is 1.84. The number of aryl methyl sites for hydroxylation is 1. The van der Waals surface area contributed by atoms with E-state index in [1.54, 1.807) is 0 Å². The Labute approximate surface area is 70.8 Å². The van der Waals surface area contributed by atoms with Crippen molar-refractivity contribution >= 4 is 16.6 Å². The highest BCUT2D eigenvalue weighted by Gasteiger charge is 2.02. The third-order valence-electron chi connectivity index (χ3n) is 1.99. The standard InChI is InChI=1S/C9H11N3/c1-2-12-9-7(6-11-12)4-3-5-8(9)10/h3-6H,2,10H2,1H3. The number of nitrogen functional groups attached to an aromatic ring is 1. The molecular formula is C9H11N3. The lowest BCUT2D eigenvalue weighted by Crippen LogP contribution is -1.98. The number of para-hydroxylation sites is 1. The van der Waals surface area contributed by atoms with Crippen molar-refractivity contribution in [3.63, 3.8) is 0 Å². The van der Waals surface area contributed by atoms with Crippen molar-refractivity contribution in [2.24, 2.45) is 0 Å². The van der Waals surface area contributed by atoms with Gasteiger partial charge in [-0.05, 0) is 13.0 Å². The molecule has 0 radical (unpaired) electrons. The summed E-state index contributed by atoms with van der Waals surface area (Å²) in [5.41, 5.74) is 7.66. The molecule has 62 valence electrons. The first-order chi connectivity index (χ1) is 5.83. The normalized spacial score (nSPS) is 10.8. The Hall–Kier alpha value is -1.51. The molecule has 1 heterocycles. The maximum absolute atomic E-state index is 5.82. The second-order valence-electron chi connectivity index (χ2n) is 2.75. The second-order valence-corrected chi connectivity index (χ2v) is 2.75. The molecule has 0 atom stereocenters. The smallest absolute Gasteiger partial charge is 0.0911 e. The van der Waals surface area contributed by atoms with Crippen LogP contribution in [0.4, 0.5) is 5.69 Å². The third-order valence-corrected chi connectivity index (χ3v) is 1.99. The maximum Gasteiger partial charge on any atom is 0.0911 e. The molecule has 2 aromatic rings. The Morgan fingerprint density at radius 1 is 1.50 bits per heavy atom. The molecule has 0 saturated heterocycles. The molecule has 2 rings (SSSR count). The lowest BCUT2D eigenvalue weighted by molar-refractivity contribution is 0.684. The van der Waals surface area contributed by atoms with Crippen molar-refractivity contribution in [3.8, 4) is 0 Å². The van der Waals surface area contributed by atoms with E-state index in [-0.39, 0.29) is 0 Å². The number of nitrogens with two attached hydrogens (primary N) is 1. The Morgan fingerprint density at radius 2 is 2.33 bits per heavy atom. The Kier molecular flexibility index (Phi) is 1.50. The molecule has 2 N–H and O–H groups in total. The average Bonchev–Trinajstić information content (AvgIpc) is 2.49. The van der Waals surface area contributed by atoms with E-state index < -0.39 is 0 Å². The number of fused-ring (bicyclic) bond motifs is 1. The van der Waals surface area contributed by atoms with Crippen LogP contribution in [0.25, 0.3) is 10.9 Å². The molecule has 0 unspecified atom stereocenters. The van der Waals surface area contributed by atoms with Crippen molar-refractivity contribution in [1.29, 1.82) is 0 Å². The number of benzene rings is 1. The zero-order valence-corrected chi connectivity index (χ0v) is 6.99. The van der Waals surface area contributed by atoms with Crippen LogP contribution in [-0.2, 0) is 6.54 Å². The van der Waals surface area contributed by atoms with Gasteiger partial charge in [-0.15, -0.1) is 0 Å². The van der Waals surface area contributed by atoms with Gasteiger partial charge in [-0.25, -0.2) is 0 Å². The van der Waals surface area contributed by atoms with Crippen LogP contribution < -0.4 is 5.73 Å². The van der Waals surface area contributed by atoms with Crippen molar-refractivity contribution < 1.29 is 0 Å². The summed E-state index contributed by atoms with van der Waals surface area (Å²) in [4.78, 5) is 0. The number of aromatic nitrogens is 2. The first-order valence-electron chi connectivity index (χ1n) is 4.03. The van der Waals surface area contributed by atoms with E-state index in [0.717, 1.165) is 23.1 Å². The number of nitrogens with zero attached hydrogens (tertiary/aromatic N) is 2. The van der Waals surface area contributed by atoms with Gasteiger partial charge >= 0.3 is 0 Å². The van der Waals surface area contributed by atoms with Crippen LogP contribution in [0, 0.1) is 0 Å². The summed E-state index contributed by atoms with van der Waals surface area (Å²) >= 11 is 0. The Bertz CT molecular complexity index is 403. The highest BCUT2D eigenvalue weighted by molar-refractivity contribution is 5.89. The van der Waals surface area contributed by atoms with Crippen LogP contribution in [0.3, 0.4) is 0 Å². The highest BCUT2D eigenvalue weighted by atomic mass is 15.3. The van der Waals surface area contributed by atoms with Gasteiger partial charge in [0.25, 0.3) is 0 Å². The van der Waals surface area contributed by atoms with Gasteiger partial charge in [0.2, 0.25) is 0 Å². The summed E-state index contributed by atoms with van der Waals surface area (Å²) in [6.45, 7) is 2.91. The van der Waals surface area contributed by atoms with E-state index in [1.165, 1.54) is 0 Å². The summed E-state index contributed by atoms with van der Waals surface area (Å²) < 4.78 is 1.91. The molecule has 0 fully saturated rings. The summed E-state index contributed by atoms with van der Waals surface area (Å²) in [5, 5.41) is 5.32. The molecule has 0 aliphatic heterocycles. The molecular weight excluding hydrogens is 150 g/mol. The molecule has 3 nitrogen and oxygen atoms in total. The zero-order chi connectivity index (χ0) is 8.55. The molecule has 3 heteroatoms. The van der Waals surface area contributed by atoms with Crippen molar-refractivity contribution in [2.75, 3.05) is 5.73 Å². The first-order valence-corrected chi connectivity index (χ1v) is 4.03. The van der Waals surface area contributed by atoms with E-state index in [4.69, 9.17) is 5.73 Å². The summed E-state index contributed by atoms with van der Waals surface area (Å²) in [6, 6.07) is 5.86. The van der Waals surface area contributed by atoms with Gasteiger partial charge in [0, 0.05) is 11.9 Å². The topological polar surface area (TPSA) is 43.8 Å². The first kappa shape index (κ1) is 7.16. The van der Waals surface area contributed by atoms with E-state index in [0.29, 0.717) is 0 Å². The van der Waals surface area contributed by atoms with Gasteiger partial charge in [-0.3, -0.25) is 4.68 Å². The average molecular weight is 161 g/mol. The van der Waals surface area contributed by atoms with E-state index in [1.807, 2.05) is 29.1 Å². The molecule has 1 aromatic carbocycles. The van der Waals surface area contributed by atoms with Crippen LogP contribution in [0.2, 0.25) is 0 Å². The van der Waals surface area contributed by atoms with Gasteiger partial charge in [-0.2, -0.15) is 5.10 Å². The molecule has 0 aliphatic rings. The predicted molar refractivity (Wildman–Crippen MR) is 49.8 cm³/mol. The quantitative estimate of drug-likeness (QED) is 0.646. The van der Waals surface area contributed by atoms with Crippen LogP contribution >= 0.6 is 0 Å². The largest absolute Gasteiger partial charge is 0.397 e. The predicted octanol–water partition coefficient (Wildman–Crippen LogP) is 1.64. The second kappa shape index (κ2) is 2.52. The number of anilines is 1. The zero-order valence-electron chi connectivity index (χ0n) is 6.99. The fourth-order valence-corrected chi connectivity index (χ4v) is 1.41. The van der Waals surface area contributed by atoms with Crippen LogP contribution in [-0.4, -0.2) is 9.78 Å². The minimum absolute atomic E-state index is 0.798. The monoisotopic (exact) mass is 161 g/mol. The van der Waals surface area contributed by atoms with Gasteiger partial charge < -0.3 is 5.73 Å². The third kappa shape index (κ3) is 0.863. The molecule has 0 amide bonds. The minimum Gasteiger partial charge on any atom is -0.397 e. The van der Waals surface area contributed by atoms with Crippen LogP contribution in [0.1, 0.15) is 6.92 Å². The molecule has 0 saturated carbocycles. The highest BCUT2D eigenvalue weighted by Crippen LogP contribution is 2.19. The Balaban J connectivity index is 2.83. The van der Waals surface area contributed by atoms with Crippen molar-refractivity contribution in [1.82, 2.24) is 9.78 Å². The van der Waals surface area contributed by atoms with Crippen molar-refractivity contribution in [2.45, 2.75) is 13.5 Å². The minimum atomic E-state index is 0.798. The Morgan fingerprint density at radius 3 is 3.08 bits per heavy atom. The van der Waals surface area contributed by atoms with E-state index in [2.05, 4.69) is 12.0 Å². The SMILES string of the molecule is CCn1ncc2cccc(N)c21. The number of hydrogen-bond acceptors (Lipinski definition) is 2. The molecule has 1 aromatic heterocycles. The molecule has 12 heavy (non-hydrogen) atoms. The molecule has 0 bridgehead atoms. The van der Waals surface area contributed by atoms with Gasteiger partial charge in [0.1, 0.15) is 0 Å². The van der Waals surface area contributed by atoms with Gasteiger partial charge in [0.05, 0.1) is 17.4 Å². The molecule has 0 aliphatic carbocycles. The summed E-state index contributed by atoms with van der Waals surface area (Å²) in [5.74, 6) is 0.